The van der Waals surface area contributed by atoms with Crippen LogP contribution in [0.4, 0.5) is 0 Å². The van der Waals surface area contributed by atoms with Crippen LogP contribution >= 0.6 is 0 Å². The third-order valence-corrected chi connectivity index (χ3v) is 1.88. The highest BCUT2D eigenvalue weighted by molar-refractivity contribution is 6.34. The van der Waals surface area contributed by atoms with Crippen LogP contribution in [0.15, 0.2) is 12.1 Å². The quantitative estimate of drug-likeness (QED) is 0.526. The van der Waals surface area contributed by atoms with Crippen LogP contribution in [0.1, 0.15) is 5.56 Å². The van der Waals surface area contributed by atoms with Gasteiger partial charge in [-0.05, 0) is 6.07 Å². The van der Waals surface area contributed by atoms with Crippen molar-refractivity contribution in [2.45, 2.75) is 6.42 Å². The van der Waals surface area contributed by atoms with Gasteiger partial charge in [-0.1, -0.05) is 11.5 Å². The van der Waals surface area contributed by atoms with Crippen LogP contribution in [-0.2, 0) is 6.42 Å². The van der Waals surface area contributed by atoms with Crippen LogP contribution in [-0.4, -0.2) is 19.6 Å². The summed E-state index contributed by atoms with van der Waals surface area (Å²) in [5.74, 6) is 0.941. The molecular weight excluding hydrogens is 139 g/mol. The first-order valence-corrected chi connectivity index (χ1v) is 3.52. The molecule has 0 saturated heterocycles. The van der Waals surface area contributed by atoms with Gasteiger partial charge in [0, 0.05) is 12.0 Å². The number of fused-ring (bicyclic) bond motifs is 1. The number of aromatic hydroxyl groups is 1. The van der Waals surface area contributed by atoms with Crippen LogP contribution in [0.2, 0.25) is 0 Å². The zero-order valence-electron chi connectivity index (χ0n) is 6.00. The Labute approximate surface area is 66.2 Å². The van der Waals surface area contributed by atoms with Crippen LogP contribution in [0, 0.1) is 0 Å². The van der Waals surface area contributed by atoms with E-state index in [1.54, 1.807) is 12.1 Å². The van der Waals surface area contributed by atoms with E-state index in [0.29, 0.717) is 12.1 Å². The SMILES string of the molecule is [B]c1ccc2c(c1O)CCO2. The molecular formula is C8H7BO2. The van der Waals surface area contributed by atoms with Gasteiger partial charge >= 0.3 is 0 Å². The first-order chi connectivity index (χ1) is 5.29. The Balaban J connectivity index is 2.62. The van der Waals surface area contributed by atoms with Crippen LogP contribution < -0.4 is 10.2 Å². The minimum Gasteiger partial charge on any atom is -0.508 e. The van der Waals surface area contributed by atoms with E-state index in [0.717, 1.165) is 17.7 Å². The number of hydrogen-bond donors (Lipinski definition) is 1. The summed E-state index contributed by atoms with van der Waals surface area (Å²) in [6.07, 6.45) is 0.756. The molecule has 1 aromatic rings. The molecule has 1 aliphatic rings. The van der Waals surface area contributed by atoms with Gasteiger partial charge in [0.2, 0.25) is 0 Å². The minimum absolute atomic E-state index is 0.181. The predicted molar refractivity (Wildman–Crippen MR) is 42.7 cm³/mol. The average molecular weight is 146 g/mol. The Morgan fingerprint density at radius 1 is 1.45 bits per heavy atom. The maximum Gasteiger partial charge on any atom is 0.126 e. The van der Waals surface area contributed by atoms with Gasteiger partial charge in [-0.3, -0.25) is 0 Å². The molecule has 0 bridgehead atoms. The van der Waals surface area contributed by atoms with Gasteiger partial charge in [0.1, 0.15) is 19.3 Å². The molecule has 0 saturated carbocycles. The molecule has 1 heterocycles. The van der Waals surface area contributed by atoms with E-state index in [4.69, 9.17) is 12.6 Å². The lowest BCUT2D eigenvalue weighted by Gasteiger charge is -2.03. The lowest BCUT2D eigenvalue weighted by Crippen LogP contribution is -2.03. The molecule has 0 spiro atoms. The van der Waals surface area contributed by atoms with Crippen molar-refractivity contribution in [2.24, 2.45) is 0 Å². The summed E-state index contributed by atoms with van der Waals surface area (Å²) in [6.45, 7) is 0.645. The van der Waals surface area contributed by atoms with Gasteiger partial charge in [0.25, 0.3) is 0 Å². The minimum atomic E-state index is 0.181. The van der Waals surface area contributed by atoms with Gasteiger partial charge in [-0.2, -0.15) is 0 Å². The third-order valence-electron chi connectivity index (χ3n) is 1.88. The topological polar surface area (TPSA) is 29.5 Å². The lowest BCUT2D eigenvalue weighted by atomic mass is 9.92. The Bertz CT molecular complexity index is 296. The highest BCUT2D eigenvalue weighted by Crippen LogP contribution is 2.30. The van der Waals surface area contributed by atoms with Crippen molar-refractivity contribution in [2.75, 3.05) is 6.61 Å². The van der Waals surface area contributed by atoms with E-state index in [1.165, 1.54) is 0 Å². The molecule has 0 fully saturated rings. The number of ether oxygens (including phenoxy) is 1. The summed E-state index contributed by atoms with van der Waals surface area (Å²) in [5.41, 5.74) is 1.26. The molecule has 0 aromatic heterocycles. The van der Waals surface area contributed by atoms with Crippen LogP contribution in [0.25, 0.3) is 0 Å². The Hall–Kier alpha value is -1.12. The molecule has 0 amide bonds. The first kappa shape index (κ1) is 6.59. The summed E-state index contributed by atoms with van der Waals surface area (Å²) in [5, 5.41) is 9.41. The smallest absolute Gasteiger partial charge is 0.126 e. The molecule has 0 unspecified atom stereocenters. The number of phenols is 1. The van der Waals surface area contributed by atoms with E-state index in [9.17, 15) is 5.11 Å². The van der Waals surface area contributed by atoms with Gasteiger partial charge in [-0.25, -0.2) is 0 Å². The normalized spacial score (nSPS) is 14.2. The van der Waals surface area contributed by atoms with Crippen LogP contribution in [0.5, 0.6) is 11.5 Å². The van der Waals surface area contributed by atoms with E-state index in [-0.39, 0.29) is 5.75 Å². The van der Waals surface area contributed by atoms with E-state index in [1.807, 2.05) is 0 Å². The second-order valence-corrected chi connectivity index (χ2v) is 2.58. The molecule has 1 N–H and O–H groups in total. The fraction of sp³-hybridized carbons (Fsp3) is 0.250. The summed E-state index contributed by atoms with van der Waals surface area (Å²) in [7, 11) is 5.49. The van der Waals surface area contributed by atoms with Gasteiger partial charge in [0.15, 0.2) is 0 Å². The number of benzene rings is 1. The second kappa shape index (κ2) is 2.19. The van der Waals surface area contributed by atoms with Crippen molar-refractivity contribution in [3.8, 4) is 11.5 Å². The summed E-state index contributed by atoms with van der Waals surface area (Å²) >= 11 is 0. The lowest BCUT2D eigenvalue weighted by molar-refractivity contribution is 0.357. The summed E-state index contributed by atoms with van der Waals surface area (Å²) < 4.78 is 5.22. The fourth-order valence-corrected chi connectivity index (χ4v) is 1.28. The largest absolute Gasteiger partial charge is 0.508 e. The van der Waals surface area contributed by atoms with E-state index in [2.05, 4.69) is 0 Å². The third kappa shape index (κ3) is 0.879. The standard InChI is InChI=1S/C8H7BO2/c9-6-1-2-7-5(8(6)10)3-4-11-7/h1-2,10H,3-4H2. The predicted octanol–water partition coefficient (Wildman–Crippen LogP) is 0.121. The highest BCUT2D eigenvalue weighted by Gasteiger charge is 2.16. The van der Waals surface area contributed by atoms with Crippen LogP contribution in [0.3, 0.4) is 0 Å². The molecule has 2 radical (unpaired) electrons. The Morgan fingerprint density at radius 2 is 2.27 bits per heavy atom. The zero-order chi connectivity index (χ0) is 7.84. The highest BCUT2D eigenvalue weighted by atomic mass is 16.5. The number of hydrogen-bond acceptors (Lipinski definition) is 2. The van der Waals surface area contributed by atoms with Crippen molar-refractivity contribution in [3.63, 3.8) is 0 Å². The molecule has 0 aliphatic carbocycles. The molecule has 2 rings (SSSR count). The number of phenolic OH excluding ortho intramolecular Hbond substituents is 1. The summed E-state index contributed by atoms with van der Waals surface area (Å²) in [6, 6.07) is 3.44. The second-order valence-electron chi connectivity index (χ2n) is 2.58. The Morgan fingerprint density at radius 3 is 3.09 bits per heavy atom. The molecule has 0 atom stereocenters. The monoisotopic (exact) mass is 146 g/mol. The molecule has 11 heavy (non-hydrogen) atoms. The molecule has 2 nitrogen and oxygen atoms in total. The maximum absolute atomic E-state index is 9.41. The molecule has 1 aromatic carbocycles. The number of rotatable bonds is 0. The van der Waals surface area contributed by atoms with Gasteiger partial charge in [0.05, 0.1) is 6.61 Å². The molecule has 54 valence electrons. The van der Waals surface area contributed by atoms with Gasteiger partial charge in [-0.15, -0.1) is 0 Å². The summed E-state index contributed by atoms with van der Waals surface area (Å²) in [4.78, 5) is 0. The van der Waals surface area contributed by atoms with Crippen molar-refractivity contribution in [1.29, 1.82) is 0 Å². The van der Waals surface area contributed by atoms with Crippen molar-refractivity contribution < 1.29 is 9.84 Å². The molecule has 1 aliphatic heterocycles. The maximum atomic E-state index is 9.41. The van der Waals surface area contributed by atoms with Crippen molar-refractivity contribution >= 4 is 13.3 Å². The first-order valence-electron chi connectivity index (χ1n) is 3.52. The van der Waals surface area contributed by atoms with Crippen molar-refractivity contribution in [3.05, 3.63) is 17.7 Å². The molecule has 3 heteroatoms. The van der Waals surface area contributed by atoms with Gasteiger partial charge < -0.3 is 9.84 Å². The van der Waals surface area contributed by atoms with Crippen molar-refractivity contribution in [1.82, 2.24) is 0 Å². The van der Waals surface area contributed by atoms with E-state index >= 15 is 0 Å². The zero-order valence-corrected chi connectivity index (χ0v) is 6.00. The Kier molecular flexibility index (Phi) is 1.31. The fourth-order valence-electron chi connectivity index (χ4n) is 1.28. The average Bonchev–Trinajstić information content (AvgIpc) is 2.45. The van der Waals surface area contributed by atoms with E-state index < -0.39 is 0 Å².